The molecule has 0 aliphatic rings. The van der Waals surface area contributed by atoms with Crippen LogP contribution in [0.15, 0.2) is 22.7 Å². The highest BCUT2D eigenvalue weighted by Gasteiger charge is 2.09. The molecule has 0 bridgehead atoms. The van der Waals surface area contributed by atoms with E-state index in [4.69, 9.17) is 4.74 Å². The zero-order valence-electron chi connectivity index (χ0n) is 11.8. The Labute approximate surface area is 123 Å². The number of carbonyl (C=O) groups excluding carboxylic acids is 1. The molecule has 0 atom stereocenters. The number of carbonyl (C=O) groups is 1. The summed E-state index contributed by atoms with van der Waals surface area (Å²) in [5.41, 5.74) is 1.70. The molecule has 0 aliphatic heterocycles. The van der Waals surface area contributed by atoms with Gasteiger partial charge in [0.05, 0.1) is 6.10 Å². The van der Waals surface area contributed by atoms with Crippen molar-refractivity contribution in [3.8, 4) is 0 Å². The van der Waals surface area contributed by atoms with E-state index in [2.05, 4.69) is 21.2 Å². The SMILES string of the molecule is Cc1c(Br)cccc1C(=O)NCCCCOC(C)C. The average Bonchev–Trinajstić information content (AvgIpc) is 2.36. The van der Waals surface area contributed by atoms with E-state index in [1.165, 1.54) is 0 Å². The molecular weight excluding hydrogens is 306 g/mol. The van der Waals surface area contributed by atoms with Crippen molar-refractivity contribution in [3.05, 3.63) is 33.8 Å². The lowest BCUT2D eigenvalue weighted by molar-refractivity contribution is 0.0754. The first-order valence-corrected chi connectivity index (χ1v) is 7.46. The fourth-order valence-corrected chi connectivity index (χ4v) is 2.06. The molecule has 4 heteroatoms. The van der Waals surface area contributed by atoms with Gasteiger partial charge < -0.3 is 10.1 Å². The number of hydrogen-bond acceptors (Lipinski definition) is 2. The Morgan fingerprint density at radius 3 is 2.79 bits per heavy atom. The van der Waals surface area contributed by atoms with E-state index in [1.54, 1.807) is 0 Å². The quantitative estimate of drug-likeness (QED) is 0.775. The largest absolute Gasteiger partial charge is 0.379 e. The number of amides is 1. The molecule has 106 valence electrons. The van der Waals surface area contributed by atoms with Crippen molar-refractivity contribution in [3.63, 3.8) is 0 Å². The average molecular weight is 328 g/mol. The first-order chi connectivity index (χ1) is 9.02. The standard InChI is InChI=1S/C15H22BrNO2/c1-11(2)19-10-5-4-9-17-15(18)13-7-6-8-14(16)12(13)3/h6-8,11H,4-5,9-10H2,1-3H3,(H,17,18). The van der Waals surface area contributed by atoms with Crippen LogP contribution in [0.25, 0.3) is 0 Å². The van der Waals surface area contributed by atoms with Crippen molar-refractivity contribution < 1.29 is 9.53 Å². The number of benzene rings is 1. The maximum absolute atomic E-state index is 12.0. The molecule has 1 rings (SSSR count). The second-order valence-corrected chi connectivity index (χ2v) is 5.65. The minimum Gasteiger partial charge on any atom is -0.379 e. The molecule has 0 saturated carbocycles. The van der Waals surface area contributed by atoms with Gasteiger partial charge in [-0.15, -0.1) is 0 Å². The van der Waals surface area contributed by atoms with Crippen LogP contribution in [0.1, 0.15) is 42.6 Å². The maximum Gasteiger partial charge on any atom is 0.251 e. The van der Waals surface area contributed by atoms with E-state index in [-0.39, 0.29) is 12.0 Å². The van der Waals surface area contributed by atoms with Gasteiger partial charge in [-0.1, -0.05) is 22.0 Å². The molecule has 19 heavy (non-hydrogen) atoms. The topological polar surface area (TPSA) is 38.3 Å². The first kappa shape index (κ1) is 16.2. The third-order valence-corrected chi connectivity index (χ3v) is 3.68. The second kappa shape index (κ2) is 8.33. The molecule has 0 aliphatic carbocycles. The van der Waals surface area contributed by atoms with Crippen molar-refractivity contribution in [1.82, 2.24) is 5.32 Å². The summed E-state index contributed by atoms with van der Waals surface area (Å²) in [6.45, 7) is 7.43. The molecule has 1 N–H and O–H groups in total. The van der Waals surface area contributed by atoms with Gasteiger partial charge in [0.25, 0.3) is 5.91 Å². The van der Waals surface area contributed by atoms with Crippen LogP contribution < -0.4 is 5.32 Å². The van der Waals surface area contributed by atoms with Gasteiger partial charge in [-0.3, -0.25) is 4.79 Å². The highest BCUT2D eigenvalue weighted by Crippen LogP contribution is 2.19. The summed E-state index contributed by atoms with van der Waals surface area (Å²) in [6.07, 6.45) is 2.18. The Hall–Kier alpha value is -0.870. The van der Waals surface area contributed by atoms with Crippen LogP contribution in [0.3, 0.4) is 0 Å². The van der Waals surface area contributed by atoms with Crippen molar-refractivity contribution >= 4 is 21.8 Å². The molecule has 3 nitrogen and oxygen atoms in total. The molecule has 0 radical (unpaired) electrons. The molecule has 0 heterocycles. The van der Waals surface area contributed by atoms with Gasteiger partial charge in [0.1, 0.15) is 0 Å². The van der Waals surface area contributed by atoms with Crippen LogP contribution in [0, 0.1) is 6.92 Å². The number of halogens is 1. The number of hydrogen-bond donors (Lipinski definition) is 1. The normalized spacial score (nSPS) is 10.8. The zero-order chi connectivity index (χ0) is 14.3. The van der Waals surface area contributed by atoms with Crippen molar-refractivity contribution in [2.75, 3.05) is 13.2 Å². The second-order valence-electron chi connectivity index (χ2n) is 4.79. The molecule has 0 saturated heterocycles. The summed E-state index contributed by atoms with van der Waals surface area (Å²) in [6, 6.07) is 5.66. The number of unbranched alkanes of at least 4 members (excludes halogenated alkanes) is 1. The van der Waals surface area contributed by atoms with Crippen LogP contribution in [-0.4, -0.2) is 25.2 Å². The maximum atomic E-state index is 12.0. The molecule has 1 aromatic carbocycles. The summed E-state index contributed by atoms with van der Waals surface area (Å²) >= 11 is 3.43. The van der Waals surface area contributed by atoms with Crippen LogP contribution >= 0.6 is 15.9 Å². The third-order valence-electron chi connectivity index (χ3n) is 2.82. The summed E-state index contributed by atoms with van der Waals surface area (Å²) in [4.78, 5) is 12.0. The Bertz CT molecular complexity index is 419. The first-order valence-electron chi connectivity index (χ1n) is 6.67. The number of nitrogens with one attached hydrogen (secondary N) is 1. The van der Waals surface area contributed by atoms with Crippen molar-refractivity contribution in [2.45, 2.75) is 39.7 Å². The third kappa shape index (κ3) is 5.74. The van der Waals surface area contributed by atoms with E-state index in [1.807, 2.05) is 39.0 Å². The van der Waals surface area contributed by atoms with Gasteiger partial charge in [0, 0.05) is 23.2 Å². The molecule has 1 aromatic rings. The summed E-state index contributed by atoms with van der Waals surface area (Å²) in [5.74, 6) is -0.0106. The molecule has 1 amide bonds. The predicted molar refractivity (Wildman–Crippen MR) is 81.5 cm³/mol. The number of ether oxygens (including phenoxy) is 1. The van der Waals surface area contributed by atoms with Gasteiger partial charge in [0.2, 0.25) is 0 Å². The Balaban J connectivity index is 2.30. The van der Waals surface area contributed by atoms with Gasteiger partial charge in [-0.05, 0) is 51.3 Å². The molecular formula is C15H22BrNO2. The molecule has 0 unspecified atom stereocenters. The lowest BCUT2D eigenvalue weighted by atomic mass is 10.1. The Kier molecular flexibility index (Phi) is 7.10. The van der Waals surface area contributed by atoms with Crippen molar-refractivity contribution in [1.29, 1.82) is 0 Å². The van der Waals surface area contributed by atoms with Crippen molar-refractivity contribution in [2.24, 2.45) is 0 Å². The fourth-order valence-electron chi connectivity index (χ4n) is 1.70. The van der Waals surface area contributed by atoms with E-state index in [0.29, 0.717) is 6.54 Å². The van der Waals surface area contributed by atoms with Crippen LogP contribution in [0.4, 0.5) is 0 Å². The highest BCUT2D eigenvalue weighted by molar-refractivity contribution is 9.10. The summed E-state index contributed by atoms with van der Waals surface area (Å²) in [5, 5.41) is 2.94. The highest BCUT2D eigenvalue weighted by atomic mass is 79.9. The Morgan fingerprint density at radius 2 is 2.11 bits per heavy atom. The van der Waals surface area contributed by atoms with E-state index >= 15 is 0 Å². The van der Waals surface area contributed by atoms with E-state index < -0.39 is 0 Å². The Morgan fingerprint density at radius 1 is 1.37 bits per heavy atom. The van der Waals surface area contributed by atoms with Gasteiger partial charge in [-0.2, -0.15) is 0 Å². The van der Waals surface area contributed by atoms with Crippen LogP contribution in [0.2, 0.25) is 0 Å². The van der Waals surface area contributed by atoms with Gasteiger partial charge >= 0.3 is 0 Å². The van der Waals surface area contributed by atoms with Gasteiger partial charge in [0.15, 0.2) is 0 Å². The summed E-state index contributed by atoms with van der Waals surface area (Å²) < 4.78 is 6.41. The van der Waals surface area contributed by atoms with E-state index in [9.17, 15) is 4.79 Å². The van der Waals surface area contributed by atoms with E-state index in [0.717, 1.165) is 35.0 Å². The minimum atomic E-state index is -0.0106. The fraction of sp³-hybridized carbons (Fsp3) is 0.533. The predicted octanol–water partition coefficient (Wildman–Crippen LogP) is 3.69. The molecule has 0 spiro atoms. The smallest absolute Gasteiger partial charge is 0.251 e. The van der Waals surface area contributed by atoms with Crippen LogP contribution in [-0.2, 0) is 4.74 Å². The molecule has 0 fully saturated rings. The van der Waals surface area contributed by atoms with Crippen LogP contribution in [0.5, 0.6) is 0 Å². The lowest BCUT2D eigenvalue weighted by Crippen LogP contribution is -2.25. The zero-order valence-corrected chi connectivity index (χ0v) is 13.4. The summed E-state index contributed by atoms with van der Waals surface area (Å²) in [7, 11) is 0. The van der Waals surface area contributed by atoms with Gasteiger partial charge in [-0.25, -0.2) is 0 Å². The lowest BCUT2D eigenvalue weighted by Gasteiger charge is -2.09. The monoisotopic (exact) mass is 327 g/mol. The minimum absolute atomic E-state index is 0.0106. The number of rotatable bonds is 7. The molecule has 0 aromatic heterocycles.